The largest absolute Gasteiger partial charge is 0.493 e. The number of methoxy groups -OCH3 is 1. The molecule has 2 aliphatic rings. The van der Waals surface area contributed by atoms with Gasteiger partial charge in [-0.1, -0.05) is 0 Å². The Labute approximate surface area is 188 Å². The van der Waals surface area contributed by atoms with E-state index in [4.69, 9.17) is 14.2 Å². The van der Waals surface area contributed by atoms with Crippen molar-refractivity contribution < 1.29 is 23.8 Å². The Kier molecular flexibility index (Phi) is 6.08. The van der Waals surface area contributed by atoms with Crippen molar-refractivity contribution >= 4 is 45.5 Å². The average molecular weight is 485 g/mol. The third-order valence-corrected chi connectivity index (χ3v) is 5.55. The van der Waals surface area contributed by atoms with Crippen molar-refractivity contribution in [2.45, 2.75) is 19.8 Å². The molecule has 0 aliphatic carbocycles. The summed E-state index contributed by atoms with van der Waals surface area (Å²) < 4.78 is 17.1. The van der Waals surface area contributed by atoms with Crippen LogP contribution in [0.25, 0.3) is 6.08 Å². The molecule has 0 radical (unpaired) electrons. The van der Waals surface area contributed by atoms with Crippen molar-refractivity contribution in [3.8, 4) is 11.5 Å². The molecule has 2 heterocycles. The highest BCUT2D eigenvalue weighted by atomic mass is 79.9. The first-order valence-electron chi connectivity index (χ1n) is 9.94. The molecule has 2 aromatic carbocycles. The molecule has 1 amide bonds. The van der Waals surface area contributed by atoms with E-state index < -0.39 is 5.97 Å². The average Bonchev–Trinajstić information content (AvgIpc) is 3.35. The Bertz CT molecular complexity index is 1090. The number of halogens is 1. The van der Waals surface area contributed by atoms with Gasteiger partial charge in [-0.25, -0.2) is 9.79 Å². The quantitative estimate of drug-likeness (QED) is 0.450. The molecule has 2 aliphatic heterocycles. The summed E-state index contributed by atoms with van der Waals surface area (Å²) in [5.74, 6) is 0.970. The summed E-state index contributed by atoms with van der Waals surface area (Å²) in [5.41, 5.74) is 2.40. The summed E-state index contributed by atoms with van der Waals surface area (Å²) in [6.07, 6.45) is 3.08. The molecule has 7 nitrogen and oxygen atoms in total. The minimum Gasteiger partial charge on any atom is -0.493 e. The molecular weight excluding hydrogens is 464 g/mol. The fourth-order valence-corrected chi connectivity index (χ4v) is 4.08. The zero-order valence-corrected chi connectivity index (χ0v) is 18.8. The van der Waals surface area contributed by atoms with Gasteiger partial charge in [0.25, 0.3) is 0 Å². The Morgan fingerprint density at radius 3 is 2.65 bits per heavy atom. The fourth-order valence-electron chi connectivity index (χ4n) is 3.50. The van der Waals surface area contributed by atoms with Crippen LogP contribution >= 0.6 is 15.9 Å². The number of ether oxygens (including phenoxy) is 3. The smallest absolute Gasteiger partial charge is 0.363 e. The molecular formula is C23H21BrN2O5. The number of hydrogen-bond acceptors (Lipinski definition) is 6. The van der Waals surface area contributed by atoms with Gasteiger partial charge < -0.3 is 19.1 Å². The van der Waals surface area contributed by atoms with Crippen molar-refractivity contribution in [2.24, 2.45) is 4.99 Å². The number of rotatable bonds is 6. The van der Waals surface area contributed by atoms with E-state index in [-0.39, 0.29) is 17.5 Å². The topological polar surface area (TPSA) is 77.4 Å². The second-order valence-corrected chi connectivity index (χ2v) is 7.85. The van der Waals surface area contributed by atoms with Crippen LogP contribution in [0.4, 0.5) is 5.69 Å². The lowest BCUT2D eigenvalue weighted by molar-refractivity contribution is -0.130. The number of nitrogens with zero attached hydrogens (tertiary/aromatic N) is 2. The summed E-state index contributed by atoms with van der Waals surface area (Å²) in [6.45, 7) is 3.12. The van der Waals surface area contributed by atoms with Crippen LogP contribution in [0.5, 0.6) is 11.5 Å². The summed E-state index contributed by atoms with van der Waals surface area (Å²) in [7, 11) is 1.56. The second-order valence-electron chi connectivity index (χ2n) is 7.00. The SMILES string of the molecule is CCOc1c(Br)cc(C=C2N=C(c3ccc(N4CCCC4=O)cc3)OC2=O)cc1OC. The molecule has 1 fully saturated rings. The van der Waals surface area contributed by atoms with E-state index in [9.17, 15) is 9.59 Å². The predicted molar refractivity (Wildman–Crippen MR) is 120 cm³/mol. The number of hydrogen-bond donors (Lipinski definition) is 0. The van der Waals surface area contributed by atoms with Crippen LogP contribution < -0.4 is 14.4 Å². The van der Waals surface area contributed by atoms with E-state index in [0.717, 1.165) is 18.7 Å². The maximum absolute atomic E-state index is 12.4. The fraction of sp³-hybridized carbons (Fsp3) is 0.261. The lowest BCUT2D eigenvalue weighted by atomic mass is 10.1. The summed E-state index contributed by atoms with van der Waals surface area (Å²) in [5, 5.41) is 0. The Morgan fingerprint density at radius 1 is 1.23 bits per heavy atom. The molecule has 0 unspecified atom stereocenters. The van der Waals surface area contributed by atoms with Gasteiger partial charge in [0.1, 0.15) is 0 Å². The van der Waals surface area contributed by atoms with Gasteiger partial charge in [0.2, 0.25) is 11.8 Å². The normalized spacial score (nSPS) is 17.2. The van der Waals surface area contributed by atoms with Gasteiger partial charge in [-0.05, 0) is 77.3 Å². The molecule has 8 heteroatoms. The van der Waals surface area contributed by atoms with Crippen LogP contribution in [0.1, 0.15) is 30.9 Å². The highest BCUT2D eigenvalue weighted by Crippen LogP contribution is 2.37. The van der Waals surface area contributed by atoms with E-state index in [1.165, 1.54) is 0 Å². The van der Waals surface area contributed by atoms with Crippen molar-refractivity contribution in [1.82, 2.24) is 0 Å². The van der Waals surface area contributed by atoms with E-state index in [1.807, 2.05) is 25.1 Å². The first-order chi connectivity index (χ1) is 15.0. The minimum atomic E-state index is -0.530. The van der Waals surface area contributed by atoms with Gasteiger partial charge in [0, 0.05) is 24.2 Å². The van der Waals surface area contributed by atoms with Gasteiger partial charge in [-0.3, -0.25) is 4.79 Å². The minimum absolute atomic E-state index is 0.125. The van der Waals surface area contributed by atoms with Gasteiger partial charge in [-0.2, -0.15) is 0 Å². The van der Waals surface area contributed by atoms with Crippen LogP contribution in [0.3, 0.4) is 0 Å². The molecule has 160 valence electrons. The summed E-state index contributed by atoms with van der Waals surface area (Å²) >= 11 is 3.48. The third kappa shape index (κ3) is 4.34. The Morgan fingerprint density at radius 2 is 2.00 bits per heavy atom. The number of anilines is 1. The van der Waals surface area contributed by atoms with E-state index >= 15 is 0 Å². The molecule has 0 spiro atoms. The lowest BCUT2D eigenvalue weighted by Crippen LogP contribution is -2.23. The number of carbonyl (C=O) groups is 2. The lowest BCUT2D eigenvalue weighted by Gasteiger charge is -2.15. The van der Waals surface area contributed by atoms with E-state index in [2.05, 4.69) is 20.9 Å². The second kappa shape index (κ2) is 8.93. The first kappa shape index (κ1) is 21.1. The Hall–Kier alpha value is -3.13. The number of aliphatic imine (C=N–C) groups is 1. The zero-order chi connectivity index (χ0) is 22.0. The van der Waals surface area contributed by atoms with Crippen LogP contribution in [0, 0.1) is 0 Å². The number of amides is 1. The van der Waals surface area contributed by atoms with E-state index in [0.29, 0.717) is 40.1 Å². The van der Waals surface area contributed by atoms with Crippen molar-refractivity contribution in [2.75, 3.05) is 25.2 Å². The van der Waals surface area contributed by atoms with Crippen LogP contribution in [-0.2, 0) is 14.3 Å². The summed E-state index contributed by atoms with van der Waals surface area (Å²) in [4.78, 5) is 30.4. The van der Waals surface area contributed by atoms with Gasteiger partial charge in [0.05, 0.1) is 18.2 Å². The van der Waals surface area contributed by atoms with Crippen LogP contribution in [0.2, 0.25) is 0 Å². The monoisotopic (exact) mass is 484 g/mol. The molecule has 0 saturated carbocycles. The molecule has 0 bridgehead atoms. The number of cyclic esters (lactones) is 1. The molecule has 1 saturated heterocycles. The van der Waals surface area contributed by atoms with Crippen molar-refractivity contribution in [3.05, 3.63) is 57.7 Å². The number of esters is 1. The molecule has 31 heavy (non-hydrogen) atoms. The van der Waals surface area contributed by atoms with Gasteiger partial charge in [0.15, 0.2) is 17.2 Å². The molecule has 0 atom stereocenters. The van der Waals surface area contributed by atoms with E-state index in [1.54, 1.807) is 36.3 Å². The third-order valence-electron chi connectivity index (χ3n) is 4.96. The van der Waals surface area contributed by atoms with Crippen molar-refractivity contribution in [1.29, 1.82) is 0 Å². The molecule has 2 aromatic rings. The van der Waals surface area contributed by atoms with Crippen molar-refractivity contribution in [3.63, 3.8) is 0 Å². The highest BCUT2D eigenvalue weighted by molar-refractivity contribution is 9.10. The molecule has 0 N–H and O–H groups in total. The summed E-state index contributed by atoms with van der Waals surface area (Å²) in [6, 6.07) is 10.9. The standard InChI is InChI=1S/C23H21BrN2O5/c1-3-30-21-17(24)11-14(13-19(21)29-2)12-18-23(28)31-22(25-18)15-6-8-16(9-7-15)26-10-4-5-20(26)27/h6-9,11-13H,3-5,10H2,1-2H3. The number of carbonyl (C=O) groups excluding carboxylic acids is 2. The zero-order valence-electron chi connectivity index (χ0n) is 17.2. The van der Waals surface area contributed by atoms with Crippen LogP contribution in [-0.4, -0.2) is 38.0 Å². The maximum Gasteiger partial charge on any atom is 0.363 e. The first-order valence-corrected chi connectivity index (χ1v) is 10.7. The Balaban J connectivity index is 1.59. The molecule has 0 aromatic heterocycles. The van der Waals surface area contributed by atoms with Gasteiger partial charge in [-0.15, -0.1) is 0 Å². The highest BCUT2D eigenvalue weighted by Gasteiger charge is 2.26. The molecule has 4 rings (SSSR count). The maximum atomic E-state index is 12.4. The number of benzene rings is 2. The van der Waals surface area contributed by atoms with Gasteiger partial charge >= 0.3 is 5.97 Å². The predicted octanol–water partition coefficient (Wildman–Crippen LogP) is 4.33. The van der Waals surface area contributed by atoms with Crippen LogP contribution in [0.15, 0.2) is 51.6 Å².